The molecule has 0 aliphatic heterocycles. The molecule has 0 fully saturated rings. The molecule has 0 spiro atoms. The molecule has 134 valence electrons. The van der Waals surface area contributed by atoms with Gasteiger partial charge in [-0.3, -0.25) is 4.79 Å². The van der Waals surface area contributed by atoms with Gasteiger partial charge in [-0.15, -0.1) is 0 Å². The molecule has 27 heavy (non-hydrogen) atoms. The van der Waals surface area contributed by atoms with E-state index in [0.717, 1.165) is 22.2 Å². The second-order valence-corrected chi connectivity index (χ2v) is 6.38. The lowest BCUT2D eigenvalue weighted by atomic mass is 10.1. The first-order chi connectivity index (χ1) is 13.2. The first kappa shape index (κ1) is 16.8. The zero-order chi connectivity index (χ0) is 18.6. The molecule has 5 nitrogen and oxygen atoms in total. The maximum absolute atomic E-state index is 12.2. The topological polar surface area (TPSA) is 67.2 Å². The molecule has 3 aromatic carbocycles. The van der Waals surface area contributed by atoms with E-state index in [2.05, 4.69) is 33.1 Å². The summed E-state index contributed by atoms with van der Waals surface area (Å²) in [5.41, 5.74) is 4.48. The number of rotatable bonds is 5. The molecule has 4 aromatic rings. The Balaban J connectivity index is 1.46. The maximum atomic E-state index is 12.2. The molecule has 0 bridgehead atoms. The number of aromatic hydroxyl groups is 1. The third-order valence-electron chi connectivity index (χ3n) is 4.47. The highest BCUT2D eigenvalue weighted by molar-refractivity contribution is 5.96. The predicted octanol–water partition coefficient (Wildman–Crippen LogP) is 3.72. The van der Waals surface area contributed by atoms with Crippen molar-refractivity contribution in [1.29, 1.82) is 0 Å². The quantitative estimate of drug-likeness (QED) is 0.572. The minimum atomic E-state index is -0.292. The van der Waals surface area contributed by atoms with Gasteiger partial charge in [-0.05, 0) is 35.4 Å². The maximum Gasteiger partial charge on any atom is 0.255 e. The number of phenols is 1. The van der Waals surface area contributed by atoms with Crippen LogP contribution in [0.15, 0.2) is 79.1 Å². The molecule has 0 unspecified atom stereocenters. The molecule has 5 heteroatoms. The number of hydrogen-bond acceptors (Lipinski definition) is 3. The van der Waals surface area contributed by atoms with E-state index in [9.17, 15) is 9.90 Å². The van der Waals surface area contributed by atoms with E-state index < -0.39 is 0 Å². The summed E-state index contributed by atoms with van der Waals surface area (Å²) < 4.78 is 2.11. The first-order valence-corrected chi connectivity index (χ1v) is 8.74. The number of nitrogens with zero attached hydrogens (tertiary/aromatic N) is 2. The summed E-state index contributed by atoms with van der Waals surface area (Å²) in [7, 11) is 0. The predicted molar refractivity (Wildman–Crippen MR) is 105 cm³/mol. The van der Waals surface area contributed by atoms with Crippen LogP contribution in [-0.4, -0.2) is 20.6 Å². The Kier molecular flexibility index (Phi) is 4.58. The van der Waals surface area contributed by atoms with Crippen molar-refractivity contribution in [1.82, 2.24) is 14.9 Å². The van der Waals surface area contributed by atoms with E-state index in [1.54, 1.807) is 18.2 Å². The number of carbonyl (C=O) groups excluding carboxylic acids is 1. The molecule has 0 aliphatic carbocycles. The second kappa shape index (κ2) is 7.33. The van der Waals surface area contributed by atoms with Crippen molar-refractivity contribution in [3.8, 4) is 5.75 Å². The number of para-hydroxylation sites is 3. The van der Waals surface area contributed by atoms with Crippen molar-refractivity contribution in [2.24, 2.45) is 0 Å². The fourth-order valence-corrected chi connectivity index (χ4v) is 3.11. The van der Waals surface area contributed by atoms with Crippen LogP contribution < -0.4 is 5.32 Å². The van der Waals surface area contributed by atoms with Crippen molar-refractivity contribution < 1.29 is 9.90 Å². The highest BCUT2D eigenvalue weighted by Crippen LogP contribution is 2.17. The summed E-state index contributed by atoms with van der Waals surface area (Å²) in [4.78, 5) is 16.7. The standard InChI is InChI=1S/C22H19N3O2/c26-21-11-4-1-8-18(21)22(27)23-13-16-6-5-7-17(12-16)14-25-15-24-19-9-2-3-10-20(19)25/h1-12,15,26H,13-14H2,(H,23,27). The van der Waals surface area contributed by atoms with Gasteiger partial charge in [0.05, 0.1) is 22.9 Å². The Bertz CT molecular complexity index is 1100. The van der Waals surface area contributed by atoms with E-state index in [4.69, 9.17) is 0 Å². The van der Waals surface area contributed by atoms with E-state index in [1.807, 2.05) is 36.7 Å². The van der Waals surface area contributed by atoms with Gasteiger partial charge in [-0.2, -0.15) is 0 Å². The average molecular weight is 357 g/mol. The van der Waals surface area contributed by atoms with E-state index in [0.29, 0.717) is 13.1 Å². The molecule has 0 radical (unpaired) electrons. The summed E-state index contributed by atoms with van der Waals surface area (Å²) >= 11 is 0. The largest absolute Gasteiger partial charge is 0.507 e. The molecule has 1 amide bonds. The first-order valence-electron chi connectivity index (χ1n) is 8.74. The zero-order valence-electron chi connectivity index (χ0n) is 14.7. The molecule has 0 aliphatic rings. The van der Waals surface area contributed by atoms with E-state index in [-0.39, 0.29) is 17.2 Å². The number of fused-ring (bicyclic) bond motifs is 1. The SMILES string of the molecule is O=C(NCc1cccc(Cn2cnc3ccccc32)c1)c1ccccc1O. The van der Waals surface area contributed by atoms with E-state index in [1.165, 1.54) is 6.07 Å². The number of imidazole rings is 1. The van der Waals surface area contributed by atoms with Gasteiger partial charge < -0.3 is 15.0 Å². The lowest BCUT2D eigenvalue weighted by Gasteiger charge is -2.09. The highest BCUT2D eigenvalue weighted by atomic mass is 16.3. The summed E-state index contributed by atoms with van der Waals surface area (Å²) in [5.74, 6) is -0.310. The van der Waals surface area contributed by atoms with Crippen LogP contribution in [0.25, 0.3) is 11.0 Å². The van der Waals surface area contributed by atoms with Gasteiger partial charge >= 0.3 is 0 Å². The highest BCUT2D eigenvalue weighted by Gasteiger charge is 2.10. The van der Waals surface area contributed by atoms with Gasteiger partial charge in [0.2, 0.25) is 0 Å². The van der Waals surface area contributed by atoms with Gasteiger partial charge in [0.25, 0.3) is 5.91 Å². The summed E-state index contributed by atoms with van der Waals surface area (Å²) in [6.07, 6.45) is 1.84. The molecule has 0 saturated carbocycles. The zero-order valence-corrected chi connectivity index (χ0v) is 14.7. The summed E-state index contributed by atoms with van der Waals surface area (Å²) in [6.45, 7) is 1.10. The molecule has 0 atom stereocenters. The number of nitrogens with one attached hydrogen (secondary N) is 1. The number of phenolic OH excluding ortho intramolecular Hbond substituents is 1. The molecular formula is C22H19N3O2. The van der Waals surface area contributed by atoms with Gasteiger partial charge in [-0.1, -0.05) is 48.5 Å². The monoisotopic (exact) mass is 357 g/mol. The van der Waals surface area contributed by atoms with Crippen LogP contribution in [0, 0.1) is 0 Å². The Labute approximate surface area is 156 Å². The lowest BCUT2D eigenvalue weighted by Crippen LogP contribution is -2.22. The third-order valence-corrected chi connectivity index (χ3v) is 4.47. The van der Waals surface area contributed by atoms with Gasteiger partial charge in [0.1, 0.15) is 5.75 Å². The van der Waals surface area contributed by atoms with Crippen molar-refractivity contribution >= 4 is 16.9 Å². The van der Waals surface area contributed by atoms with Gasteiger partial charge in [0.15, 0.2) is 0 Å². The van der Waals surface area contributed by atoms with Crippen molar-refractivity contribution in [3.63, 3.8) is 0 Å². The molecular weight excluding hydrogens is 338 g/mol. The second-order valence-electron chi connectivity index (χ2n) is 6.38. The number of benzene rings is 3. The number of hydrogen-bond donors (Lipinski definition) is 2. The molecule has 1 heterocycles. The molecule has 0 saturated heterocycles. The summed E-state index contributed by atoms with van der Waals surface area (Å²) in [5, 5.41) is 12.6. The van der Waals surface area contributed by atoms with Crippen molar-refractivity contribution in [2.75, 3.05) is 0 Å². The molecule has 4 rings (SSSR count). The Morgan fingerprint density at radius 1 is 0.963 bits per heavy atom. The van der Waals surface area contributed by atoms with Gasteiger partial charge in [0, 0.05) is 13.1 Å². The third kappa shape index (κ3) is 3.67. The Morgan fingerprint density at radius 3 is 2.63 bits per heavy atom. The van der Waals surface area contributed by atoms with Crippen LogP contribution in [0.4, 0.5) is 0 Å². The van der Waals surface area contributed by atoms with Crippen LogP contribution in [0.3, 0.4) is 0 Å². The average Bonchev–Trinajstić information content (AvgIpc) is 3.10. The van der Waals surface area contributed by atoms with Crippen LogP contribution in [0.5, 0.6) is 5.75 Å². The van der Waals surface area contributed by atoms with Crippen LogP contribution in [0.2, 0.25) is 0 Å². The fraction of sp³-hybridized carbons (Fsp3) is 0.0909. The van der Waals surface area contributed by atoms with Gasteiger partial charge in [-0.25, -0.2) is 4.98 Å². The Hall–Kier alpha value is -3.60. The minimum absolute atomic E-state index is 0.0178. The Morgan fingerprint density at radius 2 is 1.74 bits per heavy atom. The normalized spacial score (nSPS) is 10.8. The van der Waals surface area contributed by atoms with Crippen molar-refractivity contribution in [3.05, 3.63) is 95.8 Å². The minimum Gasteiger partial charge on any atom is -0.507 e. The van der Waals surface area contributed by atoms with Crippen LogP contribution in [-0.2, 0) is 13.1 Å². The van der Waals surface area contributed by atoms with Crippen LogP contribution in [0.1, 0.15) is 21.5 Å². The van der Waals surface area contributed by atoms with E-state index >= 15 is 0 Å². The molecule has 2 N–H and O–H groups in total. The summed E-state index contributed by atoms with van der Waals surface area (Å²) in [6, 6.07) is 22.6. The number of aromatic nitrogens is 2. The number of carbonyl (C=O) groups is 1. The van der Waals surface area contributed by atoms with Crippen molar-refractivity contribution in [2.45, 2.75) is 13.1 Å². The molecule has 1 aromatic heterocycles. The number of amides is 1. The van der Waals surface area contributed by atoms with Crippen LogP contribution >= 0.6 is 0 Å². The smallest absolute Gasteiger partial charge is 0.255 e. The lowest BCUT2D eigenvalue weighted by molar-refractivity contribution is 0.0948. The fourth-order valence-electron chi connectivity index (χ4n) is 3.11.